The molecule has 1 aliphatic carbocycles. The highest BCUT2D eigenvalue weighted by atomic mass is 13.8. The summed E-state index contributed by atoms with van der Waals surface area (Å²) < 4.78 is 0. The Hall–Kier alpha value is -1.30. The molecule has 0 aromatic heterocycles. The average molecular weight is 172 g/mol. The van der Waals surface area contributed by atoms with Crippen LogP contribution in [-0.4, -0.2) is 0 Å². The van der Waals surface area contributed by atoms with Crippen molar-refractivity contribution in [1.29, 1.82) is 0 Å². The minimum atomic E-state index is 1.04. The molecule has 0 N–H and O–H groups in total. The Balaban J connectivity index is 2.50. The van der Waals surface area contributed by atoms with Crippen molar-refractivity contribution in [2.24, 2.45) is 0 Å². The second-order valence-electron chi connectivity index (χ2n) is 2.91. The van der Waals surface area contributed by atoms with Crippen LogP contribution in [0.4, 0.5) is 0 Å². The Morgan fingerprint density at radius 3 is 1.92 bits per heavy atom. The van der Waals surface area contributed by atoms with Gasteiger partial charge < -0.3 is 0 Å². The van der Waals surface area contributed by atoms with Gasteiger partial charge in [-0.15, -0.1) is 0 Å². The maximum Gasteiger partial charge on any atom is -0.0166 e. The minimum absolute atomic E-state index is 1.04. The van der Waals surface area contributed by atoms with E-state index in [0.29, 0.717) is 0 Å². The fourth-order valence-electron chi connectivity index (χ4n) is 1.07. The van der Waals surface area contributed by atoms with E-state index in [2.05, 4.69) is 48.6 Å². The molecule has 0 spiro atoms. The first-order chi connectivity index (χ1) is 6.50. The predicted octanol–water partition coefficient (Wildman–Crippen LogP) is 3.95. The Morgan fingerprint density at radius 2 is 1.08 bits per heavy atom. The van der Waals surface area contributed by atoms with E-state index in [1.807, 2.05) is 12.2 Å². The van der Waals surface area contributed by atoms with Crippen molar-refractivity contribution in [1.82, 2.24) is 0 Å². The standard InChI is InChI=1S/C13H16/c1-2-4-6-8-10-12-13-11-9-7-5-3-1/h1-8,11,13H,9-10,12H2/b3-1-,4-2-,7-5-,8-6-,13-11-. The van der Waals surface area contributed by atoms with E-state index in [9.17, 15) is 0 Å². The van der Waals surface area contributed by atoms with E-state index in [1.165, 1.54) is 0 Å². The summed E-state index contributed by atoms with van der Waals surface area (Å²) in [6.07, 6.45) is 24.5. The molecule has 0 unspecified atom stereocenters. The van der Waals surface area contributed by atoms with E-state index in [1.54, 1.807) is 0 Å². The first-order valence-electron chi connectivity index (χ1n) is 4.80. The summed E-state index contributed by atoms with van der Waals surface area (Å²) in [5.74, 6) is 0. The Labute approximate surface area is 80.7 Å². The molecular weight excluding hydrogens is 156 g/mol. The molecule has 1 rings (SSSR count). The Bertz CT molecular complexity index is 249. The molecule has 0 fully saturated rings. The summed E-state index contributed by atoms with van der Waals surface area (Å²) >= 11 is 0. The number of rotatable bonds is 0. The molecule has 0 atom stereocenters. The largest absolute Gasteiger partial charge is 0.0879 e. The average Bonchev–Trinajstić information content (AvgIpc) is 2.18. The monoisotopic (exact) mass is 172 g/mol. The summed E-state index contributed by atoms with van der Waals surface area (Å²) in [5, 5.41) is 0. The molecule has 0 amide bonds. The molecule has 1 aliphatic rings. The summed E-state index contributed by atoms with van der Waals surface area (Å²) in [7, 11) is 0. The molecule has 0 aromatic carbocycles. The first-order valence-corrected chi connectivity index (χ1v) is 4.80. The molecule has 0 heterocycles. The number of hydrogen-bond donors (Lipinski definition) is 0. The van der Waals surface area contributed by atoms with Crippen molar-refractivity contribution in [3.8, 4) is 0 Å². The van der Waals surface area contributed by atoms with Crippen LogP contribution in [0.5, 0.6) is 0 Å². The van der Waals surface area contributed by atoms with Gasteiger partial charge in [0.25, 0.3) is 0 Å². The molecule has 0 radical (unpaired) electrons. The minimum Gasteiger partial charge on any atom is -0.0879 e. The summed E-state index contributed by atoms with van der Waals surface area (Å²) in [5.41, 5.74) is 0. The third-order valence-corrected chi connectivity index (χ3v) is 1.77. The van der Waals surface area contributed by atoms with Crippen molar-refractivity contribution in [3.63, 3.8) is 0 Å². The van der Waals surface area contributed by atoms with E-state index < -0.39 is 0 Å². The molecule has 0 heteroatoms. The molecule has 0 saturated heterocycles. The predicted molar refractivity (Wildman–Crippen MR) is 59.6 cm³/mol. The van der Waals surface area contributed by atoms with Gasteiger partial charge >= 0.3 is 0 Å². The van der Waals surface area contributed by atoms with E-state index >= 15 is 0 Å². The van der Waals surface area contributed by atoms with Gasteiger partial charge in [-0.1, -0.05) is 60.8 Å². The second kappa shape index (κ2) is 7.35. The van der Waals surface area contributed by atoms with Crippen molar-refractivity contribution in [2.45, 2.75) is 19.3 Å². The Kier molecular flexibility index (Phi) is 5.54. The van der Waals surface area contributed by atoms with Crippen molar-refractivity contribution >= 4 is 0 Å². The molecule has 0 aromatic rings. The molecule has 0 saturated carbocycles. The van der Waals surface area contributed by atoms with Gasteiger partial charge in [-0.25, -0.2) is 0 Å². The number of hydrogen-bond acceptors (Lipinski definition) is 0. The lowest BCUT2D eigenvalue weighted by Gasteiger charge is -1.84. The normalized spacial score (nSPS) is 30.2. The summed E-state index contributed by atoms with van der Waals surface area (Å²) in [4.78, 5) is 0. The maximum absolute atomic E-state index is 2.24. The van der Waals surface area contributed by atoms with Crippen LogP contribution in [-0.2, 0) is 0 Å². The zero-order valence-corrected chi connectivity index (χ0v) is 7.89. The lowest BCUT2D eigenvalue weighted by Crippen LogP contribution is -1.64. The van der Waals surface area contributed by atoms with Crippen LogP contribution in [0, 0.1) is 0 Å². The molecule has 0 bridgehead atoms. The topological polar surface area (TPSA) is 0 Å². The van der Waals surface area contributed by atoms with Crippen molar-refractivity contribution in [3.05, 3.63) is 60.8 Å². The van der Waals surface area contributed by atoms with Crippen LogP contribution in [0.15, 0.2) is 60.8 Å². The zero-order chi connectivity index (χ0) is 9.19. The summed E-state index contributed by atoms with van der Waals surface area (Å²) in [6.45, 7) is 0. The summed E-state index contributed by atoms with van der Waals surface area (Å²) in [6, 6.07) is 0. The van der Waals surface area contributed by atoms with Crippen LogP contribution >= 0.6 is 0 Å². The van der Waals surface area contributed by atoms with Gasteiger partial charge in [0.05, 0.1) is 0 Å². The van der Waals surface area contributed by atoms with Crippen LogP contribution in [0.25, 0.3) is 0 Å². The van der Waals surface area contributed by atoms with Crippen molar-refractivity contribution in [2.75, 3.05) is 0 Å². The third kappa shape index (κ3) is 5.92. The maximum atomic E-state index is 2.24. The third-order valence-electron chi connectivity index (χ3n) is 1.77. The second-order valence-corrected chi connectivity index (χ2v) is 2.91. The highest BCUT2D eigenvalue weighted by Crippen LogP contribution is 1.96. The fraction of sp³-hybridized carbons (Fsp3) is 0.231. The van der Waals surface area contributed by atoms with E-state index in [-0.39, 0.29) is 0 Å². The van der Waals surface area contributed by atoms with Gasteiger partial charge in [0.1, 0.15) is 0 Å². The highest BCUT2D eigenvalue weighted by Gasteiger charge is 1.76. The van der Waals surface area contributed by atoms with Gasteiger partial charge in [-0.2, -0.15) is 0 Å². The molecule has 0 nitrogen and oxygen atoms in total. The van der Waals surface area contributed by atoms with Crippen LogP contribution in [0.3, 0.4) is 0 Å². The van der Waals surface area contributed by atoms with Gasteiger partial charge in [0.2, 0.25) is 0 Å². The van der Waals surface area contributed by atoms with E-state index in [0.717, 1.165) is 19.3 Å². The zero-order valence-electron chi connectivity index (χ0n) is 7.89. The highest BCUT2D eigenvalue weighted by molar-refractivity contribution is 5.16. The molecule has 68 valence electrons. The molecule has 0 aliphatic heterocycles. The van der Waals surface area contributed by atoms with Gasteiger partial charge in [0, 0.05) is 0 Å². The van der Waals surface area contributed by atoms with Gasteiger partial charge in [-0.05, 0) is 19.3 Å². The fourth-order valence-corrected chi connectivity index (χ4v) is 1.07. The molecular formula is C13H16. The van der Waals surface area contributed by atoms with Crippen molar-refractivity contribution < 1.29 is 0 Å². The van der Waals surface area contributed by atoms with Crippen LogP contribution < -0.4 is 0 Å². The van der Waals surface area contributed by atoms with Crippen LogP contribution in [0.2, 0.25) is 0 Å². The Morgan fingerprint density at radius 1 is 0.462 bits per heavy atom. The number of allylic oxidation sites excluding steroid dienone is 10. The SMILES string of the molecule is C1=C\C=C/C/C=C\CC/C=C\C=C/1. The van der Waals surface area contributed by atoms with E-state index in [4.69, 9.17) is 0 Å². The van der Waals surface area contributed by atoms with Crippen LogP contribution in [0.1, 0.15) is 19.3 Å². The lowest BCUT2D eigenvalue weighted by molar-refractivity contribution is 1.04. The lowest BCUT2D eigenvalue weighted by atomic mass is 10.2. The quantitative estimate of drug-likeness (QED) is 0.485. The van der Waals surface area contributed by atoms with Gasteiger partial charge in [-0.3, -0.25) is 0 Å². The first kappa shape index (κ1) is 9.79. The smallest absolute Gasteiger partial charge is 0.0166 e. The molecule has 13 heavy (non-hydrogen) atoms. The van der Waals surface area contributed by atoms with Gasteiger partial charge in [0.15, 0.2) is 0 Å².